The van der Waals surface area contributed by atoms with Gasteiger partial charge in [-0.25, -0.2) is 0 Å². The van der Waals surface area contributed by atoms with E-state index in [2.05, 4.69) is 13.8 Å². The number of alkyl halides is 1. The van der Waals surface area contributed by atoms with Crippen LogP contribution in [-0.4, -0.2) is 29.8 Å². The van der Waals surface area contributed by atoms with E-state index in [4.69, 9.17) is 11.6 Å². The minimum absolute atomic E-state index is 0.0832. The maximum Gasteiger partial charge on any atom is 0.237 e. The molecule has 1 amide bonds. The van der Waals surface area contributed by atoms with Gasteiger partial charge in [-0.3, -0.25) is 4.79 Å². The first-order valence-corrected chi connectivity index (χ1v) is 5.48. The van der Waals surface area contributed by atoms with Crippen LogP contribution in [0.25, 0.3) is 0 Å². The molecule has 0 N–H and O–H groups in total. The number of carbonyl (C=O) groups is 1. The van der Waals surface area contributed by atoms with Crippen LogP contribution in [0.2, 0.25) is 0 Å². The van der Waals surface area contributed by atoms with Crippen LogP contribution >= 0.6 is 11.6 Å². The van der Waals surface area contributed by atoms with Crippen molar-refractivity contribution in [1.29, 1.82) is 0 Å². The number of nitrogens with zero attached hydrogens (tertiary/aromatic N) is 1. The van der Waals surface area contributed by atoms with Crippen molar-refractivity contribution in [2.45, 2.75) is 33.1 Å². The maximum absolute atomic E-state index is 11.3. The lowest BCUT2D eigenvalue weighted by molar-refractivity contribution is -0.130. The molecule has 2 nitrogen and oxygen atoms in total. The Balaban J connectivity index is 2.43. The smallest absolute Gasteiger partial charge is 0.237 e. The van der Waals surface area contributed by atoms with Crippen LogP contribution in [0.1, 0.15) is 33.1 Å². The highest BCUT2D eigenvalue weighted by molar-refractivity contribution is 6.27. The molecule has 0 aromatic carbocycles. The first-order chi connectivity index (χ1) is 6.11. The van der Waals surface area contributed by atoms with E-state index in [0.717, 1.165) is 25.9 Å². The Hall–Kier alpha value is -0.240. The number of amides is 1. The van der Waals surface area contributed by atoms with Gasteiger partial charge in [0.1, 0.15) is 5.88 Å². The number of halogens is 1. The van der Waals surface area contributed by atoms with E-state index in [9.17, 15) is 4.79 Å². The SMILES string of the molecule is CCC1(C)CCN(C(=O)CCl)CC1. The van der Waals surface area contributed by atoms with Crippen molar-refractivity contribution in [2.75, 3.05) is 19.0 Å². The van der Waals surface area contributed by atoms with Gasteiger partial charge in [0.15, 0.2) is 0 Å². The van der Waals surface area contributed by atoms with Crippen LogP contribution in [-0.2, 0) is 4.79 Å². The van der Waals surface area contributed by atoms with Gasteiger partial charge in [-0.2, -0.15) is 0 Å². The van der Waals surface area contributed by atoms with E-state index in [-0.39, 0.29) is 11.8 Å². The minimum Gasteiger partial charge on any atom is -0.342 e. The first kappa shape index (κ1) is 10.8. The number of hydrogen-bond donors (Lipinski definition) is 0. The fourth-order valence-electron chi connectivity index (χ4n) is 1.73. The van der Waals surface area contributed by atoms with Gasteiger partial charge in [0.2, 0.25) is 5.91 Å². The number of carbonyl (C=O) groups excluding carboxylic acids is 1. The number of piperidine rings is 1. The molecule has 13 heavy (non-hydrogen) atoms. The van der Waals surface area contributed by atoms with E-state index in [1.165, 1.54) is 6.42 Å². The van der Waals surface area contributed by atoms with Crippen molar-refractivity contribution in [1.82, 2.24) is 4.90 Å². The molecule has 1 aliphatic heterocycles. The van der Waals surface area contributed by atoms with Gasteiger partial charge in [-0.05, 0) is 18.3 Å². The van der Waals surface area contributed by atoms with E-state index < -0.39 is 0 Å². The molecular weight excluding hydrogens is 186 g/mol. The van der Waals surface area contributed by atoms with Crippen molar-refractivity contribution in [3.63, 3.8) is 0 Å². The number of hydrogen-bond acceptors (Lipinski definition) is 1. The summed E-state index contributed by atoms with van der Waals surface area (Å²) in [4.78, 5) is 13.1. The fraction of sp³-hybridized carbons (Fsp3) is 0.900. The lowest BCUT2D eigenvalue weighted by atomic mass is 9.78. The normalized spacial score (nSPS) is 21.6. The summed E-state index contributed by atoms with van der Waals surface area (Å²) in [6.45, 7) is 6.29. The Bertz CT molecular complexity index is 185. The average Bonchev–Trinajstić information content (AvgIpc) is 2.18. The summed E-state index contributed by atoms with van der Waals surface area (Å²) in [6, 6.07) is 0. The first-order valence-electron chi connectivity index (χ1n) is 4.95. The van der Waals surface area contributed by atoms with Gasteiger partial charge < -0.3 is 4.90 Å². The van der Waals surface area contributed by atoms with Crippen LogP contribution in [0.5, 0.6) is 0 Å². The number of likely N-dealkylation sites (tertiary alicyclic amines) is 1. The zero-order valence-corrected chi connectivity index (χ0v) is 9.23. The zero-order valence-electron chi connectivity index (χ0n) is 8.48. The van der Waals surface area contributed by atoms with E-state index >= 15 is 0 Å². The molecule has 1 aliphatic rings. The predicted molar refractivity (Wildman–Crippen MR) is 54.9 cm³/mol. The minimum atomic E-state index is 0.0832. The van der Waals surface area contributed by atoms with Gasteiger partial charge in [-0.15, -0.1) is 11.6 Å². The Labute approximate surface area is 85.2 Å². The van der Waals surface area contributed by atoms with E-state index in [0.29, 0.717) is 5.41 Å². The Morgan fingerprint density at radius 2 is 2.00 bits per heavy atom. The summed E-state index contributed by atoms with van der Waals surface area (Å²) >= 11 is 5.50. The molecular formula is C10H18ClNO. The third-order valence-electron chi connectivity index (χ3n) is 3.29. The van der Waals surface area contributed by atoms with Crippen molar-refractivity contribution < 1.29 is 4.79 Å². The second kappa shape index (κ2) is 4.32. The Morgan fingerprint density at radius 1 is 1.46 bits per heavy atom. The van der Waals surface area contributed by atoms with Crippen molar-refractivity contribution >= 4 is 17.5 Å². The summed E-state index contributed by atoms with van der Waals surface area (Å²) in [5, 5.41) is 0. The predicted octanol–water partition coefficient (Wildman–Crippen LogP) is 2.26. The maximum atomic E-state index is 11.3. The molecule has 0 atom stereocenters. The second-order valence-electron chi connectivity index (χ2n) is 4.18. The molecule has 76 valence electrons. The van der Waals surface area contributed by atoms with E-state index in [1.54, 1.807) is 0 Å². The molecule has 3 heteroatoms. The van der Waals surface area contributed by atoms with Crippen molar-refractivity contribution in [3.8, 4) is 0 Å². The van der Waals surface area contributed by atoms with Crippen LogP contribution < -0.4 is 0 Å². The lowest BCUT2D eigenvalue weighted by Gasteiger charge is -2.38. The number of rotatable bonds is 2. The summed E-state index contributed by atoms with van der Waals surface area (Å²) in [6.07, 6.45) is 3.44. The summed E-state index contributed by atoms with van der Waals surface area (Å²) in [5.74, 6) is 0.211. The van der Waals surface area contributed by atoms with Crippen molar-refractivity contribution in [2.24, 2.45) is 5.41 Å². The topological polar surface area (TPSA) is 20.3 Å². The van der Waals surface area contributed by atoms with Gasteiger partial charge in [0.25, 0.3) is 0 Å². The van der Waals surface area contributed by atoms with Crippen LogP contribution in [0.4, 0.5) is 0 Å². The molecule has 0 aliphatic carbocycles. The highest BCUT2D eigenvalue weighted by Crippen LogP contribution is 2.33. The lowest BCUT2D eigenvalue weighted by Crippen LogP contribution is -2.42. The molecule has 1 fully saturated rings. The Morgan fingerprint density at radius 3 is 2.38 bits per heavy atom. The standard InChI is InChI=1S/C10H18ClNO/c1-3-10(2)4-6-12(7-5-10)9(13)8-11/h3-8H2,1-2H3. The van der Waals surface area contributed by atoms with Gasteiger partial charge in [0, 0.05) is 13.1 Å². The molecule has 0 saturated carbocycles. The van der Waals surface area contributed by atoms with Gasteiger partial charge in [-0.1, -0.05) is 20.3 Å². The fourth-order valence-corrected chi connectivity index (χ4v) is 1.90. The molecule has 0 unspecified atom stereocenters. The molecule has 1 heterocycles. The highest BCUT2D eigenvalue weighted by atomic mass is 35.5. The quantitative estimate of drug-likeness (QED) is 0.631. The largest absolute Gasteiger partial charge is 0.342 e. The molecule has 0 aromatic heterocycles. The molecule has 0 aromatic rings. The third-order valence-corrected chi connectivity index (χ3v) is 3.52. The summed E-state index contributed by atoms with van der Waals surface area (Å²) in [5.41, 5.74) is 0.448. The second-order valence-corrected chi connectivity index (χ2v) is 4.45. The summed E-state index contributed by atoms with van der Waals surface area (Å²) in [7, 11) is 0. The average molecular weight is 204 g/mol. The van der Waals surface area contributed by atoms with Gasteiger partial charge >= 0.3 is 0 Å². The monoisotopic (exact) mass is 203 g/mol. The van der Waals surface area contributed by atoms with Crippen LogP contribution in [0.3, 0.4) is 0 Å². The third kappa shape index (κ3) is 2.60. The van der Waals surface area contributed by atoms with E-state index in [1.807, 2.05) is 4.90 Å². The molecule has 0 bridgehead atoms. The Kier molecular flexibility index (Phi) is 3.60. The van der Waals surface area contributed by atoms with Crippen LogP contribution in [0.15, 0.2) is 0 Å². The van der Waals surface area contributed by atoms with Gasteiger partial charge in [0.05, 0.1) is 0 Å². The molecule has 0 spiro atoms. The van der Waals surface area contributed by atoms with Crippen molar-refractivity contribution in [3.05, 3.63) is 0 Å². The molecule has 0 radical (unpaired) electrons. The molecule has 1 rings (SSSR count). The summed E-state index contributed by atoms with van der Waals surface area (Å²) < 4.78 is 0. The zero-order chi connectivity index (χ0) is 9.90. The van der Waals surface area contributed by atoms with Crippen LogP contribution in [0, 0.1) is 5.41 Å². The highest BCUT2D eigenvalue weighted by Gasteiger charge is 2.29. The molecule has 1 saturated heterocycles.